The second kappa shape index (κ2) is 5.46. The molecule has 0 bridgehead atoms. The predicted octanol–water partition coefficient (Wildman–Crippen LogP) is 3.31. The van der Waals surface area contributed by atoms with Gasteiger partial charge >= 0.3 is 0 Å². The Balaban J connectivity index is 2.23. The van der Waals surface area contributed by atoms with Gasteiger partial charge in [-0.1, -0.05) is 48.6 Å². The Morgan fingerprint density at radius 1 is 1.00 bits per heavy atom. The van der Waals surface area contributed by atoms with E-state index in [9.17, 15) is 0 Å². The van der Waals surface area contributed by atoms with Crippen molar-refractivity contribution in [3.63, 3.8) is 0 Å². The lowest BCUT2D eigenvalue weighted by molar-refractivity contribution is 0.478. The van der Waals surface area contributed by atoms with Crippen LogP contribution in [0.4, 0.5) is 0 Å². The maximum atomic E-state index is 5.80. The number of ether oxygens (including phenoxy) is 1. The molecule has 2 nitrogen and oxygen atoms in total. The molecular weight excluding hydrogens is 230 g/mol. The van der Waals surface area contributed by atoms with Crippen LogP contribution in [-0.2, 0) is 6.42 Å². The van der Waals surface area contributed by atoms with Gasteiger partial charge in [-0.3, -0.25) is 0 Å². The molecule has 2 N–H and O–H groups in total. The first kappa shape index (κ1) is 11.6. The van der Waals surface area contributed by atoms with E-state index in [1.807, 2.05) is 54.6 Å². The molecule has 86 valence electrons. The minimum absolute atomic E-state index is 0.467. The summed E-state index contributed by atoms with van der Waals surface area (Å²) in [4.78, 5) is 0.467. The summed E-state index contributed by atoms with van der Waals surface area (Å²) in [5.41, 5.74) is 6.57. The summed E-state index contributed by atoms with van der Waals surface area (Å²) >= 11 is 4.92. The zero-order chi connectivity index (χ0) is 12.1. The predicted molar refractivity (Wildman–Crippen MR) is 73.4 cm³/mol. The lowest BCUT2D eigenvalue weighted by Gasteiger charge is -2.10. The van der Waals surface area contributed by atoms with Crippen LogP contribution in [0.1, 0.15) is 5.56 Å². The quantitative estimate of drug-likeness (QED) is 0.837. The zero-order valence-corrected chi connectivity index (χ0v) is 10.1. The maximum Gasteiger partial charge on any atom is 0.131 e. The SMILES string of the molecule is NC(=S)Cc1ccccc1Oc1ccccc1. The van der Waals surface area contributed by atoms with Crippen molar-refractivity contribution in [2.24, 2.45) is 5.73 Å². The minimum Gasteiger partial charge on any atom is -0.457 e. The van der Waals surface area contributed by atoms with Crippen molar-refractivity contribution in [3.05, 3.63) is 60.2 Å². The van der Waals surface area contributed by atoms with E-state index in [2.05, 4.69) is 0 Å². The monoisotopic (exact) mass is 243 g/mol. The van der Waals surface area contributed by atoms with Crippen molar-refractivity contribution in [3.8, 4) is 11.5 Å². The lowest BCUT2D eigenvalue weighted by atomic mass is 10.1. The standard InChI is InChI=1S/C14H13NOS/c15-14(17)10-11-6-4-5-9-13(11)16-12-7-2-1-3-8-12/h1-9H,10H2,(H2,15,17). The van der Waals surface area contributed by atoms with Gasteiger partial charge in [-0.25, -0.2) is 0 Å². The number of para-hydroxylation sites is 2. The van der Waals surface area contributed by atoms with Gasteiger partial charge in [0.25, 0.3) is 0 Å². The highest BCUT2D eigenvalue weighted by Gasteiger charge is 2.04. The van der Waals surface area contributed by atoms with Crippen LogP contribution in [0.25, 0.3) is 0 Å². The molecule has 0 amide bonds. The van der Waals surface area contributed by atoms with Crippen LogP contribution in [0, 0.1) is 0 Å². The number of thiocarbonyl (C=S) groups is 1. The molecule has 3 heteroatoms. The van der Waals surface area contributed by atoms with Crippen molar-refractivity contribution < 1.29 is 4.74 Å². The molecule has 0 saturated heterocycles. The van der Waals surface area contributed by atoms with E-state index >= 15 is 0 Å². The van der Waals surface area contributed by atoms with E-state index in [-0.39, 0.29) is 0 Å². The summed E-state index contributed by atoms with van der Waals surface area (Å²) in [6, 6.07) is 17.4. The summed E-state index contributed by atoms with van der Waals surface area (Å²) < 4.78 is 5.80. The van der Waals surface area contributed by atoms with Gasteiger partial charge in [-0.05, 0) is 18.2 Å². The molecule has 0 heterocycles. The van der Waals surface area contributed by atoms with Gasteiger partial charge < -0.3 is 10.5 Å². The molecule has 0 saturated carbocycles. The van der Waals surface area contributed by atoms with Crippen molar-refractivity contribution in [1.82, 2.24) is 0 Å². The number of benzene rings is 2. The summed E-state index contributed by atoms with van der Waals surface area (Å²) in [5.74, 6) is 1.61. The Morgan fingerprint density at radius 3 is 2.35 bits per heavy atom. The number of hydrogen-bond acceptors (Lipinski definition) is 2. The van der Waals surface area contributed by atoms with Crippen LogP contribution >= 0.6 is 12.2 Å². The van der Waals surface area contributed by atoms with Gasteiger partial charge in [0, 0.05) is 12.0 Å². The molecule has 0 radical (unpaired) electrons. The Kier molecular flexibility index (Phi) is 3.73. The number of hydrogen-bond donors (Lipinski definition) is 1. The molecule has 17 heavy (non-hydrogen) atoms. The average Bonchev–Trinajstić information content (AvgIpc) is 2.32. The smallest absolute Gasteiger partial charge is 0.131 e. The van der Waals surface area contributed by atoms with E-state index in [0.29, 0.717) is 11.4 Å². The Hall–Kier alpha value is -1.87. The van der Waals surface area contributed by atoms with Crippen LogP contribution in [0.3, 0.4) is 0 Å². The highest BCUT2D eigenvalue weighted by molar-refractivity contribution is 7.80. The highest BCUT2D eigenvalue weighted by Crippen LogP contribution is 2.25. The van der Waals surface area contributed by atoms with E-state index in [1.165, 1.54) is 0 Å². The molecular formula is C14H13NOS. The second-order valence-electron chi connectivity index (χ2n) is 3.67. The third kappa shape index (κ3) is 3.29. The third-order valence-corrected chi connectivity index (χ3v) is 2.45. The first-order valence-corrected chi connectivity index (χ1v) is 5.75. The van der Waals surface area contributed by atoms with Gasteiger partial charge in [0.2, 0.25) is 0 Å². The highest BCUT2D eigenvalue weighted by atomic mass is 32.1. The fraction of sp³-hybridized carbons (Fsp3) is 0.0714. The Bertz CT molecular complexity index is 511. The van der Waals surface area contributed by atoms with E-state index < -0.39 is 0 Å². The molecule has 0 aliphatic heterocycles. The number of rotatable bonds is 4. The summed E-state index contributed by atoms with van der Waals surface area (Å²) in [7, 11) is 0. The molecule has 0 aliphatic carbocycles. The summed E-state index contributed by atoms with van der Waals surface area (Å²) in [5, 5.41) is 0. The van der Waals surface area contributed by atoms with Gasteiger partial charge in [0.1, 0.15) is 11.5 Å². The molecule has 0 aromatic heterocycles. The van der Waals surface area contributed by atoms with Crippen molar-refractivity contribution in [2.75, 3.05) is 0 Å². The molecule has 0 unspecified atom stereocenters. The fourth-order valence-corrected chi connectivity index (χ4v) is 1.71. The molecule has 0 aliphatic rings. The molecule has 0 atom stereocenters. The van der Waals surface area contributed by atoms with Crippen molar-refractivity contribution in [2.45, 2.75) is 6.42 Å². The van der Waals surface area contributed by atoms with Gasteiger partial charge in [-0.15, -0.1) is 0 Å². The Labute approximate surface area is 106 Å². The molecule has 2 aromatic carbocycles. The molecule has 2 rings (SSSR count). The summed E-state index contributed by atoms with van der Waals surface area (Å²) in [6.45, 7) is 0. The second-order valence-corrected chi connectivity index (χ2v) is 4.19. The molecule has 0 fully saturated rings. The van der Waals surface area contributed by atoms with Gasteiger partial charge in [0.15, 0.2) is 0 Å². The normalized spacial score (nSPS) is 9.88. The first-order chi connectivity index (χ1) is 8.25. The van der Waals surface area contributed by atoms with Crippen LogP contribution in [-0.4, -0.2) is 4.99 Å². The number of nitrogens with two attached hydrogens (primary N) is 1. The van der Waals surface area contributed by atoms with Crippen molar-refractivity contribution >= 4 is 17.2 Å². The lowest BCUT2D eigenvalue weighted by Crippen LogP contribution is -2.11. The van der Waals surface area contributed by atoms with E-state index in [1.54, 1.807) is 0 Å². The van der Waals surface area contributed by atoms with Gasteiger partial charge in [-0.2, -0.15) is 0 Å². The van der Waals surface area contributed by atoms with Crippen LogP contribution in [0.15, 0.2) is 54.6 Å². The largest absolute Gasteiger partial charge is 0.457 e. The molecule has 0 spiro atoms. The third-order valence-electron chi connectivity index (χ3n) is 2.31. The molecule has 2 aromatic rings. The summed E-state index contributed by atoms with van der Waals surface area (Å²) in [6.07, 6.45) is 0.554. The first-order valence-electron chi connectivity index (χ1n) is 5.35. The topological polar surface area (TPSA) is 35.2 Å². The minimum atomic E-state index is 0.467. The zero-order valence-electron chi connectivity index (χ0n) is 9.30. The maximum absolute atomic E-state index is 5.80. The van der Waals surface area contributed by atoms with Crippen LogP contribution in [0.5, 0.6) is 11.5 Å². The fourth-order valence-electron chi connectivity index (χ4n) is 1.55. The van der Waals surface area contributed by atoms with Crippen LogP contribution in [0.2, 0.25) is 0 Å². The van der Waals surface area contributed by atoms with Crippen molar-refractivity contribution in [1.29, 1.82) is 0 Å². The average molecular weight is 243 g/mol. The van der Waals surface area contributed by atoms with E-state index in [4.69, 9.17) is 22.7 Å². The van der Waals surface area contributed by atoms with E-state index in [0.717, 1.165) is 17.1 Å². The Morgan fingerprint density at radius 2 is 1.65 bits per heavy atom. The van der Waals surface area contributed by atoms with Crippen LogP contribution < -0.4 is 10.5 Å². The van der Waals surface area contributed by atoms with Gasteiger partial charge in [0.05, 0.1) is 4.99 Å².